The molecule has 1 aromatic heterocycles. The first-order chi connectivity index (χ1) is 8.56. The zero-order chi connectivity index (χ0) is 13.1. The highest BCUT2D eigenvalue weighted by atomic mass is 35.5. The number of hydrogen-bond acceptors (Lipinski definition) is 2. The Morgan fingerprint density at radius 1 is 1.06 bits per heavy atom. The molecule has 0 radical (unpaired) electrons. The Labute approximate surface area is 116 Å². The van der Waals surface area contributed by atoms with Crippen LogP contribution in [0.15, 0.2) is 36.4 Å². The molecule has 2 aromatic rings. The summed E-state index contributed by atoms with van der Waals surface area (Å²) >= 11 is 7.50. The molecule has 0 spiro atoms. The van der Waals surface area contributed by atoms with Crippen LogP contribution in [0.4, 0.5) is 4.39 Å². The predicted molar refractivity (Wildman–Crippen MR) is 75.7 cm³/mol. The van der Waals surface area contributed by atoms with Crippen molar-refractivity contribution in [3.05, 3.63) is 57.0 Å². The van der Waals surface area contributed by atoms with E-state index < -0.39 is 0 Å². The predicted octanol–water partition coefficient (Wildman–Crippen LogP) is 4.95. The molecule has 0 aliphatic heterocycles. The molecule has 96 valence electrons. The first kappa shape index (κ1) is 13.5. The maximum Gasteiger partial charge on any atom is 0.123 e. The number of hydrogen-bond donors (Lipinski definition) is 1. The zero-order valence-corrected chi connectivity index (χ0v) is 11.9. The highest BCUT2D eigenvalue weighted by Gasteiger charge is 2.12. The number of benzene rings is 1. The van der Waals surface area contributed by atoms with Gasteiger partial charge in [0, 0.05) is 17.0 Å². The molecule has 0 aliphatic rings. The van der Waals surface area contributed by atoms with Gasteiger partial charge in [-0.3, -0.25) is 0 Å². The van der Waals surface area contributed by atoms with Gasteiger partial charge in [0.05, 0.1) is 4.34 Å². The molecule has 1 unspecified atom stereocenters. The maximum atomic E-state index is 12.8. The van der Waals surface area contributed by atoms with Crippen LogP contribution in [-0.4, -0.2) is 0 Å². The molecule has 1 aromatic carbocycles. The first-order valence-electron chi connectivity index (χ1n) is 5.83. The van der Waals surface area contributed by atoms with Gasteiger partial charge in [-0.1, -0.05) is 23.7 Å². The second-order valence-electron chi connectivity index (χ2n) is 4.30. The molecule has 1 nitrogen and oxygen atoms in total. The van der Waals surface area contributed by atoms with Crippen molar-refractivity contribution in [1.29, 1.82) is 0 Å². The average molecular weight is 284 g/mol. The molecule has 0 bridgehead atoms. The van der Waals surface area contributed by atoms with Crippen LogP contribution in [0.3, 0.4) is 0 Å². The molecule has 0 fully saturated rings. The van der Waals surface area contributed by atoms with E-state index in [9.17, 15) is 4.39 Å². The Kier molecular flexibility index (Phi) is 4.38. The average Bonchev–Trinajstić information content (AvgIpc) is 2.76. The van der Waals surface area contributed by atoms with Gasteiger partial charge in [-0.2, -0.15) is 0 Å². The molecule has 1 N–H and O–H groups in total. The van der Waals surface area contributed by atoms with Crippen molar-refractivity contribution >= 4 is 22.9 Å². The van der Waals surface area contributed by atoms with E-state index in [0.29, 0.717) is 0 Å². The Morgan fingerprint density at radius 2 is 1.72 bits per heavy atom. The van der Waals surface area contributed by atoms with Crippen molar-refractivity contribution in [1.82, 2.24) is 5.32 Å². The molecular weight excluding hydrogens is 269 g/mol. The minimum atomic E-state index is -0.205. The Morgan fingerprint density at radius 3 is 2.28 bits per heavy atom. The van der Waals surface area contributed by atoms with Crippen LogP contribution in [0.25, 0.3) is 0 Å². The topological polar surface area (TPSA) is 12.0 Å². The summed E-state index contributed by atoms with van der Waals surface area (Å²) in [5.74, 6) is -0.205. The summed E-state index contributed by atoms with van der Waals surface area (Å²) in [4.78, 5) is 1.20. The fourth-order valence-electron chi connectivity index (χ4n) is 1.87. The van der Waals surface area contributed by atoms with Crippen LogP contribution in [0.1, 0.15) is 36.4 Å². The summed E-state index contributed by atoms with van der Waals surface area (Å²) in [5, 5.41) is 3.47. The highest BCUT2D eigenvalue weighted by molar-refractivity contribution is 7.16. The van der Waals surface area contributed by atoms with Gasteiger partial charge in [0.1, 0.15) is 5.82 Å². The molecule has 0 saturated heterocycles. The van der Waals surface area contributed by atoms with E-state index in [1.54, 1.807) is 23.5 Å². The summed E-state index contributed by atoms with van der Waals surface area (Å²) in [6, 6.07) is 10.9. The fourth-order valence-corrected chi connectivity index (χ4v) is 2.94. The second-order valence-corrected chi connectivity index (χ2v) is 6.05. The normalized spacial score (nSPS) is 14.4. The van der Waals surface area contributed by atoms with E-state index in [-0.39, 0.29) is 17.9 Å². The molecule has 0 amide bonds. The Bertz CT molecular complexity index is 509. The summed E-state index contributed by atoms with van der Waals surface area (Å²) in [6.45, 7) is 4.17. The van der Waals surface area contributed by atoms with E-state index >= 15 is 0 Å². The van der Waals surface area contributed by atoms with Crippen LogP contribution in [-0.2, 0) is 0 Å². The van der Waals surface area contributed by atoms with Gasteiger partial charge < -0.3 is 5.32 Å². The van der Waals surface area contributed by atoms with E-state index in [1.807, 2.05) is 12.1 Å². The van der Waals surface area contributed by atoms with Crippen LogP contribution >= 0.6 is 22.9 Å². The van der Waals surface area contributed by atoms with Gasteiger partial charge in [-0.25, -0.2) is 4.39 Å². The zero-order valence-electron chi connectivity index (χ0n) is 10.3. The van der Waals surface area contributed by atoms with E-state index in [4.69, 9.17) is 11.6 Å². The SMILES string of the molecule is CC(N[C@H](C)c1ccc(F)cc1)c1ccc(Cl)s1. The minimum Gasteiger partial charge on any atom is -0.303 e. The van der Waals surface area contributed by atoms with E-state index in [2.05, 4.69) is 19.2 Å². The van der Waals surface area contributed by atoms with Crippen molar-refractivity contribution in [3.8, 4) is 0 Å². The van der Waals surface area contributed by atoms with E-state index in [1.165, 1.54) is 17.0 Å². The standard InChI is InChI=1S/C14H15ClFNS/c1-9(11-3-5-12(16)6-4-11)17-10(2)13-7-8-14(15)18-13/h3-10,17H,1-2H3/t9-,10?/m1/s1. The van der Waals surface area contributed by atoms with Crippen molar-refractivity contribution in [3.63, 3.8) is 0 Å². The lowest BCUT2D eigenvalue weighted by atomic mass is 10.1. The molecule has 0 saturated carbocycles. The molecule has 2 rings (SSSR count). The lowest BCUT2D eigenvalue weighted by molar-refractivity contribution is 0.499. The maximum absolute atomic E-state index is 12.8. The van der Waals surface area contributed by atoms with Crippen LogP contribution in [0.5, 0.6) is 0 Å². The first-order valence-corrected chi connectivity index (χ1v) is 7.02. The summed E-state index contributed by atoms with van der Waals surface area (Å²) in [7, 11) is 0. The van der Waals surface area contributed by atoms with Gasteiger partial charge in [-0.05, 0) is 43.7 Å². The molecule has 4 heteroatoms. The minimum absolute atomic E-state index is 0.168. The number of rotatable bonds is 4. The van der Waals surface area contributed by atoms with Gasteiger partial charge in [0.2, 0.25) is 0 Å². The fraction of sp³-hybridized carbons (Fsp3) is 0.286. The molecule has 0 aliphatic carbocycles. The van der Waals surface area contributed by atoms with Gasteiger partial charge in [0.25, 0.3) is 0 Å². The quantitative estimate of drug-likeness (QED) is 0.837. The third-order valence-corrected chi connectivity index (χ3v) is 4.30. The van der Waals surface area contributed by atoms with Gasteiger partial charge in [-0.15, -0.1) is 11.3 Å². The van der Waals surface area contributed by atoms with Crippen molar-refractivity contribution in [2.75, 3.05) is 0 Å². The highest BCUT2D eigenvalue weighted by Crippen LogP contribution is 2.28. The van der Waals surface area contributed by atoms with Gasteiger partial charge >= 0.3 is 0 Å². The van der Waals surface area contributed by atoms with Crippen molar-refractivity contribution < 1.29 is 4.39 Å². The number of halogens is 2. The third kappa shape index (κ3) is 3.31. The van der Waals surface area contributed by atoms with Gasteiger partial charge in [0.15, 0.2) is 0 Å². The van der Waals surface area contributed by atoms with Crippen molar-refractivity contribution in [2.45, 2.75) is 25.9 Å². The second kappa shape index (κ2) is 5.83. The summed E-state index contributed by atoms with van der Waals surface area (Å²) in [6.07, 6.45) is 0. The molecular formula is C14H15ClFNS. The molecule has 1 heterocycles. The monoisotopic (exact) mass is 283 g/mol. The number of nitrogens with one attached hydrogen (secondary N) is 1. The summed E-state index contributed by atoms with van der Waals surface area (Å²) in [5.41, 5.74) is 1.07. The Balaban J connectivity index is 2.02. The Hall–Kier alpha value is -0.900. The smallest absolute Gasteiger partial charge is 0.123 e. The van der Waals surface area contributed by atoms with Crippen LogP contribution in [0.2, 0.25) is 4.34 Å². The molecule has 2 atom stereocenters. The lowest BCUT2D eigenvalue weighted by Crippen LogP contribution is -2.21. The third-order valence-electron chi connectivity index (χ3n) is 2.89. The van der Waals surface area contributed by atoms with Crippen molar-refractivity contribution in [2.24, 2.45) is 0 Å². The van der Waals surface area contributed by atoms with Crippen LogP contribution < -0.4 is 5.32 Å². The van der Waals surface area contributed by atoms with E-state index in [0.717, 1.165) is 9.90 Å². The summed E-state index contributed by atoms with van der Waals surface area (Å²) < 4.78 is 13.6. The lowest BCUT2D eigenvalue weighted by Gasteiger charge is -2.19. The molecule has 18 heavy (non-hydrogen) atoms. The van der Waals surface area contributed by atoms with Crippen LogP contribution in [0, 0.1) is 5.82 Å². The number of thiophene rings is 1. The largest absolute Gasteiger partial charge is 0.303 e.